The van der Waals surface area contributed by atoms with E-state index < -0.39 is 0 Å². The predicted molar refractivity (Wildman–Crippen MR) is 219 cm³/mol. The predicted octanol–water partition coefficient (Wildman–Crippen LogP) is 10.9. The molecule has 0 saturated carbocycles. The molecule has 0 aliphatic rings. The fraction of sp³-hybridized carbons (Fsp3) is 0.250. The van der Waals surface area contributed by atoms with Crippen LogP contribution in [0.2, 0.25) is 0 Å². The Hall–Kier alpha value is -5.88. The van der Waals surface area contributed by atoms with Crippen molar-refractivity contribution in [3.63, 3.8) is 0 Å². The molecule has 6 rings (SSSR count). The first-order valence-corrected chi connectivity index (χ1v) is 18.3. The fourth-order valence-electron chi connectivity index (χ4n) is 7.75. The molecule has 278 valence electrons. The van der Waals surface area contributed by atoms with Crippen LogP contribution in [-0.4, -0.2) is 42.7 Å². The molecule has 0 aliphatic carbocycles. The average Bonchev–Trinajstić information content (AvgIpc) is 3.21. The van der Waals surface area contributed by atoms with E-state index in [2.05, 4.69) is 123 Å². The van der Waals surface area contributed by atoms with Gasteiger partial charge in [-0.3, -0.25) is 0 Å². The summed E-state index contributed by atoms with van der Waals surface area (Å²) in [4.78, 5) is 0. The van der Waals surface area contributed by atoms with E-state index in [0.29, 0.717) is 0 Å². The lowest BCUT2D eigenvalue weighted by Gasteiger charge is -2.20. The zero-order chi connectivity index (χ0) is 38.2. The van der Waals surface area contributed by atoms with E-state index in [9.17, 15) is 0 Å². The zero-order valence-corrected chi connectivity index (χ0v) is 32.7. The molecule has 0 spiro atoms. The number of para-hydroxylation sites is 6. The van der Waals surface area contributed by atoms with Gasteiger partial charge in [-0.15, -0.1) is 0 Å². The SMILES string of the molecule is COc1c(C)cccc1-c1cccc(CCc2cccc(-c3cccc(CCc4cccc(-c5cccc(C)c5OC)c4OC)c3OC)c2OC)c1OC. The number of ether oxygens (including phenoxy) is 6. The van der Waals surface area contributed by atoms with Crippen molar-refractivity contribution >= 4 is 0 Å². The zero-order valence-electron chi connectivity index (χ0n) is 32.7. The first-order valence-electron chi connectivity index (χ1n) is 18.3. The van der Waals surface area contributed by atoms with Gasteiger partial charge in [-0.25, -0.2) is 0 Å². The lowest BCUT2D eigenvalue weighted by molar-refractivity contribution is 0.402. The molecule has 6 aromatic carbocycles. The highest BCUT2D eigenvalue weighted by Crippen LogP contribution is 2.44. The minimum absolute atomic E-state index is 0.756. The summed E-state index contributed by atoms with van der Waals surface area (Å²) in [6, 6.07) is 37.7. The highest BCUT2D eigenvalue weighted by atomic mass is 16.5. The van der Waals surface area contributed by atoms with Crippen molar-refractivity contribution in [2.75, 3.05) is 42.7 Å². The molecule has 0 amide bonds. The van der Waals surface area contributed by atoms with Gasteiger partial charge < -0.3 is 28.4 Å². The van der Waals surface area contributed by atoms with Crippen LogP contribution in [-0.2, 0) is 25.7 Å². The molecule has 0 unspecified atom stereocenters. The van der Waals surface area contributed by atoms with Gasteiger partial charge in [0.25, 0.3) is 0 Å². The van der Waals surface area contributed by atoms with Gasteiger partial charge in [0.05, 0.1) is 42.7 Å². The maximum atomic E-state index is 6.16. The van der Waals surface area contributed by atoms with Crippen molar-refractivity contribution in [3.8, 4) is 67.9 Å². The highest BCUT2D eigenvalue weighted by Gasteiger charge is 2.21. The molecular weight excluding hydrogens is 673 g/mol. The molecular formula is C48H50O6. The minimum atomic E-state index is 0.756. The van der Waals surface area contributed by atoms with E-state index in [1.54, 1.807) is 42.7 Å². The third kappa shape index (κ3) is 7.47. The number of rotatable bonds is 15. The van der Waals surface area contributed by atoms with Crippen LogP contribution in [0.3, 0.4) is 0 Å². The van der Waals surface area contributed by atoms with Crippen LogP contribution >= 0.6 is 0 Å². The summed E-state index contributed by atoms with van der Waals surface area (Å²) in [5.74, 6) is 5.09. The second kappa shape index (κ2) is 17.3. The van der Waals surface area contributed by atoms with Crippen LogP contribution in [0.25, 0.3) is 33.4 Å². The van der Waals surface area contributed by atoms with Gasteiger partial charge in [0.15, 0.2) is 0 Å². The Morgan fingerprint density at radius 3 is 0.704 bits per heavy atom. The van der Waals surface area contributed by atoms with E-state index in [0.717, 1.165) is 127 Å². The largest absolute Gasteiger partial charge is 0.496 e. The first kappa shape index (κ1) is 37.9. The molecule has 0 fully saturated rings. The van der Waals surface area contributed by atoms with Crippen LogP contribution in [0.15, 0.2) is 109 Å². The summed E-state index contributed by atoms with van der Waals surface area (Å²) in [6.45, 7) is 4.12. The Bertz CT molecular complexity index is 2080. The quantitative estimate of drug-likeness (QED) is 0.105. The Morgan fingerprint density at radius 2 is 0.481 bits per heavy atom. The molecule has 54 heavy (non-hydrogen) atoms. The number of hydrogen-bond acceptors (Lipinski definition) is 6. The fourth-order valence-corrected chi connectivity index (χ4v) is 7.75. The van der Waals surface area contributed by atoms with Gasteiger partial charge >= 0.3 is 0 Å². The Balaban J connectivity index is 1.29. The third-order valence-corrected chi connectivity index (χ3v) is 10.2. The lowest BCUT2D eigenvalue weighted by Crippen LogP contribution is -2.03. The molecule has 0 bridgehead atoms. The number of hydrogen-bond donors (Lipinski definition) is 0. The second-order valence-corrected chi connectivity index (χ2v) is 13.3. The van der Waals surface area contributed by atoms with Crippen LogP contribution in [0.1, 0.15) is 33.4 Å². The van der Waals surface area contributed by atoms with Crippen molar-refractivity contribution < 1.29 is 28.4 Å². The van der Waals surface area contributed by atoms with Crippen molar-refractivity contribution in [2.45, 2.75) is 39.5 Å². The monoisotopic (exact) mass is 722 g/mol. The van der Waals surface area contributed by atoms with E-state index in [4.69, 9.17) is 28.4 Å². The van der Waals surface area contributed by atoms with Gasteiger partial charge in [-0.1, -0.05) is 109 Å². The molecule has 6 heteroatoms. The van der Waals surface area contributed by atoms with E-state index in [-0.39, 0.29) is 0 Å². The number of aryl methyl sites for hydroxylation is 6. The Kier molecular flexibility index (Phi) is 12.1. The topological polar surface area (TPSA) is 55.4 Å². The van der Waals surface area contributed by atoms with Crippen LogP contribution in [0, 0.1) is 13.8 Å². The molecule has 0 N–H and O–H groups in total. The van der Waals surface area contributed by atoms with Crippen LogP contribution in [0.4, 0.5) is 0 Å². The van der Waals surface area contributed by atoms with Crippen LogP contribution < -0.4 is 28.4 Å². The van der Waals surface area contributed by atoms with Gasteiger partial charge in [0.2, 0.25) is 0 Å². The number of methoxy groups -OCH3 is 6. The summed E-state index contributed by atoms with van der Waals surface area (Å²) in [5, 5.41) is 0. The van der Waals surface area contributed by atoms with E-state index in [1.807, 2.05) is 0 Å². The molecule has 0 atom stereocenters. The van der Waals surface area contributed by atoms with Gasteiger partial charge in [-0.2, -0.15) is 0 Å². The minimum Gasteiger partial charge on any atom is -0.496 e. The van der Waals surface area contributed by atoms with Crippen molar-refractivity contribution in [1.82, 2.24) is 0 Å². The average molecular weight is 723 g/mol. The van der Waals surface area contributed by atoms with Gasteiger partial charge in [0.1, 0.15) is 34.5 Å². The maximum absolute atomic E-state index is 6.16. The second-order valence-electron chi connectivity index (χ2n) is 13.3. The summed E-state index contributed by atoms with van der Waals surface area (Å²) in [7, 11) is 10.4. The Morgan fingerprint density at radius 1 is 0.278 bits per heavy atom. The normalized spacial score (nSPS) is 10.9. The van der Waals surface area contributed by atoms with Gasteiger partial charge in [-0.05, 0) is 72.9 Å². The third-order valence-electron chi connectivity index (χ3n) is 10.2. The number of benzene rings is 6. The van der Waals surface area contributed by atoms with Crippen molar-refractivity contribution in [2.24, 2.45) is 0 Å². The molecule has 6 aromatic rings. The molecule has 0 saturated heterocycles. The van der Waals surface area contributed by atoms with Crippen LogP contribution in [0.5, 0.6) is 34.5 Å². The Labute approximate surface area is 320 Å². The maximum Gasteiger partial charge on any atom is 0.130 e. The summed E-state index contributed by atoms with van der Waals surface area (Å²) < 4.78 is 36.0. The standard InChI is InChI=1S/C48H50O6/c1-31-15-9-21-37(43(31)49-3)39-23-11-17-33(45(39)51-5)27-29-35-19-13-25-41(47(35)53-7)42-26-14-20-36(48(42)54-8)30-28-34-18-12-24-40(46(34)52-6)38-22-10-16-32(2)44(38)50-4/h9-26H,27-30H2,1-8H3. The lowest BCUT2D eigenvalue weighted by atomic mass is 9.92. The first-order chi connectivity index (χ1) is 26.4. The summed E-state index contributed by atoms with van der Waals surface area (Å²) >= 11 is 0. The molecule has 0 aromatic heterocycles. The molecule has 0 radical (unpaired) electrons. The smallest absolute Gasteiger partial charge is 0.130 e. The molecule has 6 nitrogen and oxygen atoms in total. The van der Waals surface area contributed by atoms with Crippen molar-refractivity contribution in [3.05, 3.63) is 143 Å². The summed E-state index contributed by atoms with van der Waals surface area (Å²) in [5.41, 5.74) is 12.6. The summed E-state index contributed by atoms with van der Waals surface area (Å²) in [6.07, 6.45) is 3.03. The van der Waals surface area contributed by atoms with Crippen molar-refractivity contribution in [1.29, 1.82) is 0 Å². The molecule has 0 heterocycles. The van der Waals surface area contributed by atoms with E-state index >= 15 is 0 Å². The van der Waals surface area contributed by atoms with E-state index in [1.165, 1.54) is 0 Å². The van der Waals surface area contributed by atoms with Gasteiger partial charge in [0, 0.05) is 33.4 Å². The highest BCUT2D eigenvalue weighted by molar-refractivity contribution is 5.81. The molecule has 0 aliphatic heterocycles.